The van der Waals surface area contributed by atoms with E-state index in [0.717, 1.165) is 0 Å². The van der Waals surface area contributed by atoms with E-state index in [9.17, 15) is 9.59 Å². The fourth-order valence-corrected chi connectivity index (χ4v) is 0.999. The highest BCUT2D eigenvalue weighted by Gasteiger charge is 1.93. The van der Waals surface area contributed by atoms with Gasteiger partial charge >= 0.3 is 0 Å². The summed E-state index contributed by atoms with van der Waals surface area (Å²) < 4.78 is 5.69. The molecular formula is C11H12N2O2S. The molecule has 0 unspecified atom stereocenters. The fraction of sp³-hybridized carbons (Fsp3) is 0.273. The quantitative estimate of drug-likeness (QED) is 0.460. The Labute approximate surface area is 98.8 Å². The van der Waals surface area contributed by atoms with Crippen LogP contribution in [0.5, 0.6) is 0 Å². The Balaban J connectivity index is 0.000000293. The van der Waals surface area contributed by atoms with Crippen molar-refractivity contribution in [3.05, 3.63) is 35.9 Å². The van der Waals surface area contributed by atoms with Crippen LogP contribution >= 0.6 is 12.1 Å². The Hall–Kier alpha value is -1.67. The molecule has 0 saturated heterocycles. The Morgan fingerprint density at radius 3 is 1.88 bits per heavy atom. The highest BCUT2D eigenvalue weighted by atomic mass is 32.2. The summed E-state index contributed by atoms with van der Waals surface area (Å²) >= 11 is 0.456. The molecule has 0 radical (unpaired) electrons. The molecule has 0 aromatic heterocycles. The summed E-state index contributed by atoms with van der Waals surface area (Å²) in [4.78, 5) is 18.4. The molecule has 0 aliphatic carbocycles. The SMILES string of the molecule is CC(C)c1ccccc1.O=C=NSN=C=O. The first-order valence-electron chi connectivity index (χ1n) is 4.57. The van der Waals surface area contributed by atoms with Gasteiger partial charge in [-0.15, -0.1) is 8.80 Å². The minimum Gasteiger partial charge on any atom is -0.210 e. The van der Waals surface area contributed by atoms with Crippen LogP contribution in [0.2, 0.25) is 0 Å². The molecule has 16 heavy (non-hydrogen) atoms. The Morgan fingerprint density at radius 2 is 1.56 bits per heavy atom. The van der Waals surface area contributed by atoms with Crippen LogP contribution < -0.4 is 0 Å². The molecule has 1 rings (SSSR count). The average Bonchev–Trinajstić information content (AvgIpc) is 2.32. The number of benzene rings is 1. The molecule has 0 atom stereocenters. The zero-order valence-corrected chi connectivity index (χ0v) is 9.90. The summed E-state index contributed by atoms with van der Waals surface area (Å²) in [5.41, 5.74) is 1.41. The molecule has 4 nitrogen and oxygen atoms in total. The van der Waals surface area contributed by atoms with E-state index in [4.69, 9.17) is 0 Å². The van der Waals surface area contributed by atoms with E-state index in [2.05, 4.69) is 46.9 Å². The van der Waals surface area contributed by atoms with Crippen molar-refractivity contribution < 1.29 is 9.59 Å². The van der Waals surface area contributed by atoms with Gasteiger partial charge in [-0.3, -0.25) is 0 Å². The molecule has 0 bridgehead atoms. The van der Waals surface area contributed by atoms with Crippen LogP contribution in [-0.2, 0) is 9.59 Å². The van der Waals surface area contributed by atoms with Crippen molar-refractivity contribution in [3.8, 4) is 0 Å². The van der Waals surface area contributed by atoms with Gasteiger partial charge in [-0.1, -0.05) is 44.2 Å². The van der Waals surface area contributed by atoms with E-state index in [1.165, 1.54) is 17.7 Å². The van der Waals surface area contributed by atoms with Gasteiger partial charge in [-0.2, -0.15) is 0 Å². The maximum Gasteiger partial charge on any atom is 0.249 e. The number of nitrogens with zero attached hydrogens (tertiary/aromatic N) is 2. The summed E-state index contributed by atoms with van der Waals surface area (Å²) in [6.07, 6.45) is 2.34. The highest BCUT2D eigenvalue weighted by Crippen LogP contribution is 2.11. The number of isocyanates is 2. The molecule has 0 aliphatic heterocycles. The first-order chi connectivity index (χ1) is 7.72. The summed E-state index contributed by atoms with van der Waals surface area (Å²) in [6.45, 7) is 4.41. The lowest BCUT2D eigenvalue weighted by Gasteiger charge is -2.01. The second kappa shape index (κ2) is 9.87. The third-order valence-corrected chi connectivity index (χ3v) is 1.93. The summed E-state index contributed by atoms with van der Waals surface area (Å²) in [5, 5.41) is 0. The van der Waals surface area contributed by atoms with E-state index in [0.29, 0.717) is 18.1 Å². The molecule has 1 aromatic carbocycles. The second-order valence-electron chi connectivity index (χ2n) is 3.01. The summed E-state index contributed by atoms with van der Waals surface area (Å²) in [5.74, 6) is 0.659. The molecular weight excluding hydrogens is 224 g/mol. The zero-order chi connectivity index (χ0) is 12.2. The lowest BCUT2D eigenvalue weighted by molar-refractivity contribution is 0.566. The molecule has 0 amide bonds. The minimum absolute atomic E-state index is 0.456. The van der Waals surface area contributed by atoms with Gasteiger partial charge in [0.2, 0.25) is 12.2 Å². The Morgan fingerprint density at radius 1 is 1.06 bits per heavy atom. The van der Waals surface area contributed by atoms with E-state index >= 15 is 0 Å². The van der Waals surface area contributed by atoms with Crippen LogP contribution in [0.15, 0.2) is 39.1 Å². The lowest BCUT2D eigenvalue weighted by Crippen LogP contribution is -1.83. The minimum atomic E-state index is 0.456. The zero-order valence-electron chi connectivity index (χ0n) is 9.08. The number of hydrogen-bond acceptors (Lipinski definition) is 5. The molecule has 0 spiro atoms. The van der Waals surface area contributed by atoms with Crippen molar-refractivity contribution in [2.24, 2.45) is 8.80 Å². The van der Waals surface area contributed by atoms with E-state index in [1.807, 2.05) is 6.07 Å². The fourth-order valence-electron chi connectivity index (χ4n) is 0.892. The smallest absolute Gasteiger partial charge is 0.210 e. The number of rotatable bonds is 3. The van der Waals surface area contributed by atoms with Crippen molar-refractivity contribution in [2.75, 3.05) is 0 Å². The predicted molar refractivity (Wildman–Crippen MR) is 64.4 cm³/mol. The van der Waals surface area contributed by atoms with Crippen LogP contribution in [-0.4, -0.2) is 12.2 Å². The van der Waals surface area contributed by atoms with Crippen LogP contribution in [0.3, 0.4) is 0 Å². The van der Waals surface area contributed by atoms with Gasteiger partial charge in [0, 0.05) is 0 Å². The van der Waals surface area contributed by atoms with Crippen molar-refractivity contribution in [1.82, 2.24) is 0 Å². The lowest BCUT2D eigenvalue weighted by atomic mass is 10.0. The molecule has 84 valence electrons. The number of hydrogen-bond donors (Lipinski definition) is 0. The van der Waals surface area contributed by atoms with Crippen molar-refractivity contribution in [2.45, 2.75) is 19.8 Å². The van der Waals surface area contributed by atoms with E-state index < -0.39 is 0 Å². The van der Waals surface area contributed by atoms with E-state index in [1.54, 1.807) is 0 Å². The number of carbonyl (C=O) groups excluding carboxylic acids is 2. The Bertz CT molecular complexity index is 364. The first-order valence-corrected chi connectivity index (χ1v) is 5.30. The topological polar surface area (TPSA) is 58.9 Å². The second-order valence-corrected chi connectivity index (χ2v) is 3.54. The van der Waals surface area contributed by atoms with Gasteiger partial charge in [-0.25, -0.2) is 9.59 Å². The average molecular weight is 236 g/mol. The molecule has 1 aromatic rings. The van der Waals surface area contributed by atoms with Crippen molar-refractivity contribution in [1.29, 1.82) is 0 Å². The first kappa shape index (κ1) is 14.3. The van der Waals surface area contributed by atoms with Gasteiger partial charge in [0.15, 0.2) is 0 Å². The monoisotopic (exact) mass is 236 g/mol. The van der Waals surface area contributed by atoms with Gasteiger partial charge in [0.25, 0.3) is 0 Å². The van der Waals surface area contributed by atoms with Crippen molar-refractivity contribution >= 4 is 24.3 Å². The molecule has 5 heteroatoms. The van der Waals surface area contributed by atoms with Crippen LogP contribution in [0.1, 0.15) is 25.3 Å². The van der Waals surface area contributed by atoms with Crippen LogP contribution in [0.4, 0.5) is 0 Å². The molecule has 0 N–H and O–H groups in total. The maximum atomic E-state index is 9.18. The van der Waals surface area contributed by atoms with Crippen LogP contribution in [0, 0.1) is 0 Å². The Kier molecular flexibility index (Phi) is 8.84. The van der Waals surface area contributed by atoms with Crippen molar-refractivity contribution in [3.63, 3.8) is 0 Å². The summed E-state index contributed by atoms with van der Waals surface area (Å²) in [6, 6.07) is 10.5. The third-order valence-electron chi connectivity index (χ3n) is 1.62. The molecule has 0 aliphatic rings. The normalized spacial score (nSPS) is 8.19. The van der Waals surface area contributed by atoms with Gasteiger partial charge in [0.05, 0.1) is 0 Å². The molecule has 0 saturated carbocycles. The predicted octanol–water partition coefficient (Wildman–Crippen LogP) is 3.03. The standard InChI is InChI=1S/C9H12.C2N2O2S/c1-8(2)9-6-4-3-5-7-9;5-1-3-7-4-2-6/h3-8H,1-2H3;. The molecule has 0 heterocycles. The van der Waals surface area contributed by atoms with Crippen LogP contribution in [0.25, 0.3) is 0 Å². The van der Waals surface area contributed by atoms with E-state index in [-0.39, 0.29) is 0 Å². The van der Waals surface area contributed by atoms with Gasteiger partial charge in [-0.05, 0) is 11.5 Å². The molecule has 0 fully saturated rings. The highest BCUT2D eigenvalue weighted by molar-refractivity contribution is 7.96. The summed E-state index contributed by atoms with van der Waals surface area (Å²) in [7, 11) is 0. The largest absolute Gasteiger partial charge is 0.249 e. The van der Waals surface area contributed by atoms with Gasteiger partial charge < -0.3 is 0 Å². The van der Waals surface area contributed by atoms with Gasteiger partial charge in [0.1, 0.15) is 12.1 Å². The maximum absolute atomic E-state index is 9.18. The third kappa shape index (κ3) is 7.71.